The van der Waals surface area contributed by atoms with Gasteiger partial charge in [-0.05, 0) is 38.2 Å². The maximum atomic E-state index is 9.28. The zero-order valence-corrected chi connectivity index (χ0v) is 17.7. The number of fused-ring (bicyclic) bond motifs is 1. The van der Waals surface area contributed by atoms with Gasteiger partial charge in [0, 0.05) is 37.1 Å². The second-order valence-corrected chi connectivity index (χ2v) is 8.00. The number of anilines is 1. The lowest BCUT2D eigenvalue weighted by molar-refractivity contribution is 0.272. The van der Waals surface area contributed by atoms with Gasteiger partial charge >= 0.3 is 0 Å². The van der Waals surface area contributed by atoms with E-state index in [9.17, 15) is 5.26 Å². The summed E-state index contributed by atoms with van der Waals surface area (Å²) in [6.45, 7) is 4.91. The molecule has 0 saturated carbocycles. The third-order valence-corrected chi connectivity index (χ3v) is 6.14. The van der Waals surface area contributed by atoms with Gasteiger partial charge in [-0.2, -0.15) is 5.26 Å². The Bertz CT molecular complexity index is 1110. The van der Waals surface area contributed by atoms with E-state index < -0.39 is 0 Å². The number of nitriles is 1. The van der Waals surface area contributed by atoms with E-state index in [4.69, 9.17) is 33.2 Å². The summed E-state index contributed by atoms with van der Waals surface area (Å²) in [5.74, 6) is 0.778. The second-order valence-electron chi connectivity index (χ2n) is 7.19. The minimum Gasteiger partial charge on any atom is -0.353 e. The number of rotatable bonds is 4. The van der Waals surface area contributed by atoms with E-state index in [1.54, 1.807) is 24.4 Å². The number of hydrogen-bond acceptors (Lipinski definition) is 6. The van der Waals surface area contributed by atoms with E-state index in [0.29, 0.717) is 38.4 Å². The van der Waals surface area contributed by atoms with Crippen molar-refractivity contribution in [3.05, 3.63) is 46.2 Å². The van der Waals surface area contributed by atoms with Crippen LogP contribution in [0, 0.1) is 11.3 Å². The van der Waals surface area contributed by atoms with Crippen molar-refractivity contribution in [3.8, 4) is 17.3 Å². The summed E-state index contributed by atoms with van der Waals surface area (Å²) in [5, 5.41) is 10.2. The van der Waals surface area contributed by atoms with Gasteiger partial charge in [0.25, 0.3) is 0 Å². The van der Waals surface area contributed by atoms with Gasteiger partial charge in [0.2, 0.25) is 0 Å². The third kappa shape index (κ3) is 3.86. The predicted octanol–water partition coefficient (Wildman–Crippen LogP) is 4.40. The van der Waals surface area contributed by atoms with Crippen LogP contribution >= 0.6 is 23.2 Å². The van der Waals surface area contributed by atoms with E-state index in [-0.39, 0.29) is 0 Å². The maximum absolute atomic E-state index is 9.28. The number of likely N-dealkylation sites (N-methyl/N-ethyl adjacent to an activating group) is 1. The van der Waals surface area contributed by atoms with Crippen LogP contribution in [0.25, 0.3) is 22.3 Å². The SMILES string of the molecule is CCN(C)C1CCN(c2nc3cc(Cl)c(Cl)cc3nc2-c2cncc(C#N)c2)C1. The number of hydrogen-bond donors (Lipinski definition) is 0. The van der Waals surface area contributed by atoms with Crippen LogP contribution in [0.3, 0.4) is 0 Å². The Labute approximate surface area is 179 Å². The molecule has 4 rings (SSSR count). The zero-order chi connectivity index (χ0) is 20.5. The van der Waals surface area contributed by atoms with Crippen LogP contribution in [0.4, 0.5) is 5.82 Å². The smallest absolute Gasteiger partial charge is 0.156 e. The summed E-state index contributed by atoms with van der Waals surface area (Å²) in [7, 11) is 2.14. The molecule has 8 heteroatoms. The van der Waals surface area contributed by atoms with Crippen molar-refractivity contribution < 1.29 is 0 Å². The molecule has 3 aromatic rings. The Balaban J connectivity index is 1.86. The first kappa shape index (κ1) is 19.8. The molecule has 0 spiro atoms. The van der Waals surface area contributed by atoms with Crippen LogP contribution in [-0.2, 0) is 0 Å². The summed E-state index contributed by atoms with van der Waals surface area (Å²) in [4.78, 5) is 18.6. The summed E-state index contributed by atoms with van der Waals surface area (Å²) in [6.07, 6.45) is 4.31. The van der Waals surface area contributed by atoms with Gasteiger partial charge < -0.3 is 9.80 Å². The molecule has 148 valence electrons. The van der Waals surface area contributed by atoms with E-state index in [1.807, 2.05) is 0 Å². The molecule has 1 aliphatic rings. The van der Waals surface area contributed by atoms with Gasteiger partial charge in [-0.1, -0.05) is 30.1 Å². The number of halogens is 2. The molecular formula is C21H20Cl2N6. The minimum absolute atomic E-state index is 0.432. The molecule has 3 heterocycles. The quantitative estimate of drug-likeness (QED) is 0.615. The van der Waals surface area contributed by atoms with Crippen molar-refractivity contribution in [1.82, 2.24) is 19.9 Å². The van der Waals surface area contributed by atoms with Crippen LogP contribution in [0.5, 0.6) is 0 Å². The van der Waals surface area contributed by atoms with Gasteiger partial charge in [0.05, 0.1) is 26.6 Å². The molecule has 0 N–H and O–H groups in total. The Hall–Kier alpha value is -2.46. The lowest BCUT2D eigenvalue weighted by Crippen LogP contribution is -2.34. The summed E-state index contributed by atoms with van der Waals surface area (Å²) in [5.41, 5.74) is 3.28. The maximum Gasteiger partial charge on any atom is 0.156 e. The van der Waals surface area contributed by atoms with Crippen LogP contribution in [0.2, 0.25) is 10.0 Å². The van der Waals surface area contributed by atoms with E-state index in [2.05, 4.69) is 34.8 Å². The molecule has 1 atom stereocenters. The molecule has 0 aliphatic carbocycles. The number of aromatic nitrogens is 3. The Morgan fingerprint density at radius 1 is 1.17 bits per heavy atom. The number of nitrogens with zero attached hydrogens (tertiary/aromatic N) is 6. The first-order valence-corrected chi connectivity index (χ1v) is 10.2. The van der Waals surface area contributed by atoms with Gasteiger partial charge in [0.15, 0.2) is 5.82 Å². The highest BCUT2D eigenvalue weighted by Crippen LogP contribution is 2.34. The van der Waals surface area contributed by atoms with Crippen LogP contribution in [0.1, 0.15) is 18.9 Å². The lowest BCUT2D eigenvalue weighted by Gasteiger charge is -2.24. The fourth-order valence-electron chi connectivity index (χ4n) is 3.64. The molecule has 2 aromatic heterocycles. The standard InChI is InChI=1S/C21H20Cl2N6/c1-3-28(2)15-4-5-29(12-15)21-20(14-6-13(9-24)10-25-11-14)26-18-7-16(22)17(23)8-19(18)27-21/h6-8,10-11,15H,3-5,12H2,1-2H3. The van der Waals surface area contributed by atoms with Crippen molar-refractivity contribution in [1.29, 1.82) is 5.26 Å². The van der Waals surface area contributed by atoms with Gasteiger partial charge in [-0.25, -0.2) is 9.97 Å². The highest BCUT2D eigenvalue weighted by atomic mass is 35.5. The zero-order valence-electron chi connectivity index (χ0n) is 16.2. The summed E-state index contributed by atoms with van der Waals surface area (Å²) in [6, 6.07) is 7.85. The van der Waals surface area contributed by atoms with E-state index in [1.165, 1.54) is 6.20 Å². The number of benzene rings is 1. The molecule has 29 heavy (non-hydrogen) atoms. The Morgan fingerprint density at radius 2 is 1.90 bits per heavy atom. The van der Waals surface area contributed by atoms with Crippen LogP contribution in [-0.4, -0.2) is 52.6 Å². The fraction of sp³-hybridized carbons (Fsp3) is 0.333. The third-order valence-electron chi connectivity index (χ3n) is 5.41. The number of pyridine rings is 1. The van der Waals surface area contributed by atoms with Crippen LogP contribution in [0.15, 0.2) is 30.6 Å². The average molecular weight is 427 g/mol. The Morgan fingerprint density at radius 3 is 2.59 bits per heavy atom. The molecule has 1 aromatic carbocycles. The topological polar surface area (TPSA) is 68.9 Å². The van der Waals surface area contributed by atoms with Gasteiger partial charge in [-0.3, -0.25) is 4.98 Å². The molecule has 0 radical (unpaired) electrons. The summed E-state index contributed by atoms with van der Waals surface area (Å²) < 4.78 is 0. The first-order valence-electron chi connectivity index (χ1n) is 9.47. The van der Waals surface area contributed by atoms with E-state index in [0.717, 1.165) is 37.4 Å². The molecule has 1 saturated heterocycles. The molecule has 1 unspecified atom stereocenters. The van der Waals surface area contributed by atoms with Gasteiger partial charge in [0.1, 0.15) is 11.8 Å². The molecule has 1 fully saturated rings. The van der Waals surface area contributed by atoms with Crippen molar-refractivity contribution >= 4 is 40.1 Å². The first-order chi connectivity index (χ1) is 14.0. The normalized spacial score (nSPS) is 16.6. The van der Waals surface area contributed by atoms with Crippen molar-refractivity contribution in [2.75, 3.05) is 31.6 Å². The second kappa shape index (κ2) is 8.11. The van der Waals surface area contributed by atoms with Crippen LogP contribution < -0.4 is 4.90 Å². The van der Waals surface area contributed by atoms with Crippen molar-refractivity contribution in [3.63, 3.8) is 0 Å². The molecule has 1 aliphatic heterocycles. The molecule has 0 amide bonds. The summed E-state index contributed by atoms with van der Waals surface area (Å²) >= 11 is 12.4. The molecule has 0 bridgehead atoms. The van der Waals surface area contributed by atoms with Crippen molar-refractivity contribution in [2.45, 2.75) is 19.4 Å². The highest BCUT2D eigenvalue weighted by molar-refractivity contribution is 6.42. The average Bonchev–Trinajstić information content (AvgIpc) is 3.23. The monoisotopic (exact) mass is 426 g/mol. The Kier molecular flexibility index (Phi) is 5.55. The molecular weight excluding hydrogens is 407 g/mol. The highest BCUT2D eigenvalue weighted by Gasteiger charge is 2.28. The van der Waals surface area contributed by atoms with Crippen molar-refractivity contribution in [2.24, 2.45) is 0 Å². The minimum atomic E-state index is 0.432. The fourth-order valence-corrected chi connectivity index (χ4v) is 3.96. The molecule has 6 nitrogen and oxygen atoms in total. The predicted molar refractivity (Wildman–Crippen MR) is 116 cm³/mol. The van der Waals surface area contributed by atoms with Gasteiger partial charge in [-0.15, -0.1) is 0 Å². The largest absolute Gasteiger partial charge is 0.353 e. The lowest BCUT2D eigenvalue weighted by atomic mass is 10.1. The van der Waals surface area contributed by atoms with E-state index >= 15 is 0 Å².